The Balaban J connectivity index is 1.95. The van der Waals surface area contributed by atoms with Crippen LogP contribution in [0.4, 0.5) is 4.79 Å². The second-order valence-electron chi connectivity index (χ2n) is 5.76. The maximum Gasteiger partial charge on any atom is 0.317 e. The normalized spacial score (nSPS) is 12.6. The summed E-state index contributed by atoms with van der Waals surface area (Å²) >= 11 is 1.21. The molecule has 2 aromatic rings. The first-order chi connectivity index (χ1) is 10.5. The third-order valence-corrected chi connectivity index (χ3v) is 4.05. The van der Waals surface area contributed by atoms with Gasteiger partial charge in [0.15, 0.2) is 0 Å². The van der Waals surface area contributed by atoms with Gasteiger partial charge in [-0.1, -0.05) is 13.0 Å². The number of urea groups is 1. The molecule has 0 spiro atoms. The third-order valence-electron chi connectivity index (χ3n) is 3.49. The number of amides is 2. The summed E-state index contributed by atoms with van der Waals surface area (Å²) in [5.74, 6) is 0. The monoisotopic (exact) mass is 321 g/mol. The van der Waals surface area contributed by atoms with E-state index in [2.05, 4.69) is 25.9 Å². The zero-order valence-corrected chi connectivity index (χ0v) is 14.4. The van der Waals surface area contributed by atoms with Gasteiger partial charge in [-0.2, -0.15) is 8.75 Å². The molecule has 0 saturated carbocycles. The van der Waals surface area contributed by atoms with Crippen molar-refractivity contribution in [1.82, 2.24) is 23.9 Å². The second-order valence-corrected chi connectivity index (χ2v) is 6.29. The number of benzene rings is 1. The fourth-order valence-electron chi connectivity index (χ4n) is 2.27. The molecule has 0 unspecified atom stereocenters. The van der Waals surface area contributed by atoms with Crippen LogP contribution >= 0.6 is 11.7 Å². The molecular weight excluding hydrogens is 298 g/mol. The highest BCUT2D eigenvalue weighted by Crippen LogP contribution is 2.14. The van der Waals surface area contributed by atoms with Gasteiger partial charge in [0.25, 0.3) is 0 Å². The minimum Gasteiger partial charge on any atom is -0.334 e. The van der Waals surface area contributed by atoms with Gasteiger partial charge in [-0.05, 0) is 38.2 Å². The minimum atomic E-state index is -0.0507. The van der Waals surface area contributed by atoms with Crippen LogP contribution in [0.15, 0.2) is 18.2 Å². The summed E-state index contributed by atoms with van der Waals surface area (Å²) < 4.78 is 8.42. The molecule has 1 aromatic heterocycles. The topological polar surface area (TPSA) is 61.4 Å². The Morgan fingerprint density at radius 1 is 1.27 bits per heavy atom. The predicted molar refractivity (Wildman–Crippen MR) is 90.0 cm³/mol. The lowest BCUT2D eigenvalue weighted by molar-refractivity contribution is 0.198. The fourth-order valence-corrected chi connectivity index (χ4v) is 2.79. The van der Waals surface area contributed by atoms with Gasteiger partial charge in [-0.25, -0.2) is 4.79 Å². The Morgan fingerprint density at radius 3 is 2.68 bits per heavy atom. The Labute approximate surface area is 135 Å². The Bertz CT molecular complexity index is 627. The lowest BCUT2D eigenvalue weighted by atomic mass is 10.2. The first kappa shape index (κ1) is 16.6. The summed E-state index contributed by atoms with van der Waals surface area (Å²) in [6, 6.07) is 6.03. The van der Waals surface area contributed by atoms with Crippen LogP contribution in [-0.2, 0) is 6.54 Å². The van der Waals surface area contributed by atoms with Crippen molar-refractivity contribution in [2.45, 2.75) is 25.9 Å². The van der Waals surface area contributed by atoms with Crippen LogP contribution in [-0.4, -0.2) is 58.3 Å². The van der Waals surface area contributed by atoms with Crippen molar-refractivity contribution >= 4 is 28.8 Å². The molecule has 7 heteroatoms. The Kier molecular flexibility index (Phi) is 5.68. The van der Waals surface area contributed by atoms with Gasteiger partial charge in [0.1, 0.15) is 11.0 Å². The molecule has 1 N–H and O–H groups in total. The molecule has 0 bridgehead atoms. The van der Waals surface area contributed by atoms with Gasteiger partial charge in [0, 0.05) is 26.2 Å². The quantitative estimate of drug-likeness (QED) is 0.886. The third kappa shape index (κ3) is 4.38. The van der Waals surface area contributed by atoms with Crippen LogP contribution in [0.5, 0.6) is 0 Å². The highest BCUT2D eigenvalue weighted by molar-refractivity contribution is 7.00. The molecule has 0 aliphatic heterocycles. The largest absolute Gasteiger partial charge is 0.334 e. The number of carbonyl (C=O) groups is 1. The maximum absolute atomic E-state index is 12.3. The number of fused-ring (bicyclic) bond motifs is 1. The van der Waals surface area contributed by atoms with Crippen LogP contribution < -0.4 is 5.32 Å². The van der Waals surface area contributed by atoms with Gasteiger partial charge in [0.05, 0.1) is 11.7 Å². The van der Waals surface area contributed by atoms with Gasteiger partial charge in [-0.3, -0.25) is 0 Å². The number of hydrogen-bond donors (Lipinski definition) is 1. The lowest BCUT2D eigenvalue weighted by Gasteiger charge is -2.25. The van der Waals surface area contributed by atoms with E-state index in [9.17, 15) is 4.79 Å². The van der Waals surface area contributed by atoms with Crippen LogP contribution in [0.3, 0.4) is 0 Å². The zero-order valence-electron chi connectivity index (χ0n) is 13.5. The van der Waals surface area contributed by atoms with E-state index in [4.69, 9.17) is 0 Å². The van der Waals surface area contributed by atoms with Crippen LogP contribution in [0.25, 0.3) is 11.0 Å². The number of carbonyl (C=O) groups excluding carboxylic acids is 1. The van der Waals surface area contributed by atoms with E-state index >= 15 is 0 Å². The molecule has 1 aromatic carbocycles. The number of nitrogens with zero attached hydrogens (tertiary/aromatic N) is 4. The highest BCUT2D eigenvalue weighted by Gasteiger charge is 2.15. The van der Waals surface area contributed by atoms with E-state index in [1.165, 1.54) is 11.7 Å². The standard InChI is InChI=1S/C15H23N5OS/c1-5-12(10-19(2)3)16-15(21)20(4)9-11-6-7-13-14(8-11)18-22-17-13/h6-8,12H,5,9-10H2,1-4H3,(H,16,21)/t12-/m0/s1. The van der Waals surface area contributed by atoms with Crippen molar-refractivity contribution in [3.63, 3.8) is 0 Å². The van der Waals surface area contributed by atoms with E-state index in [-0.39, 0.29) is 12.1 Å². The minimum absolute atomic E-state index is 0.0507. The van der Waals surface area contributed by atoms with E-state index in [1.807, 2.05) is 32.3 Å². The maximum atomic E-state index is 12.3. The number of nitrogens with one attached hydrogen (secondary N) is 1. The summed E-state index contributed by atoms with van der Waals surface area (Å²) in [5, 5.41) is 3.07. The fraction of sp³-hybridized carbons (Fsp3) is 0.533. The van der Waals surface area contributed by atoms with Crippen molar-refractivity contribution in [2.24, 2.45) is 0 Å². The smallest absolute Gasteiger partial charge is 0.317 e. The molecular formula is C15H23N5OS. The van der Waals surface area contributed by atoms with Crippen molar-refractivity contribution in [1.29, 1.82) is 0 Å². The number of rotatable bonds is 6. The van der Waals surface area contributed by atoms with Crippen molar-refractivity contribution in [2.75, 3.05) is 27.7 Å². The van der Waals surface area contributed by atoms with E-state index in [0.29, 0.717) is 6.54 Å². The number of hydrogen-bond acceptors (Lipinski definition) is 5. The predicted octanol–water partition coefficient (Wildman–Crippen LogP) is 2.17. The summed E-state index contributed by atoms with van der Waals surface area (Å²) in [4.78, 5) is 16.1. The molecule has 1 heterocycles. The Hall–Kier alpha value is -1.73. The molecule has 2 rings (SSSR count). The van der Waals surface area contributed by atoms with Gasteiger partial charge in [0.2, 0.25) is 0 Å². The molecule has 2 amide bonds. The Morgan fingerprint density at radius 2 is 2.00 bits per heavy atom. The molecule has 0 fully saturated rings. The first-order valence-corrected chi connectivity index (χ1v) is 8.10. The summed E-state index contributed by atoms with van der Waals surface area (Å²) in [6.45, 7) is 3.47. The van der Waals surface area contributed by atoms with Crippen LogP contribution in [0.1, 0.15) is 18.9 Å². The first-order valence-electron chi connectivity index (χ1n) is 7.37. The number of likely N-dealkylation sites (N-methyl/N-ethyl adjacent to an activating group) is 1. The molecule has 0 aliphatic rings. The molecule has 0 aliphatic carbocycles. The summed E-state index contributed by atoms with van der Waals surface area (Å²) in [6.07, 6.45) is 0.911. The molecule has 6 nitrogen and oxygen atoms in total. The molecule has 0 saturated heterocycles. The summed E-state index contributed by atoms with van der Waals surface area (Å²) in [5.41, 5.74) is 2.84. The zero-order chi connectivity index (χ0) is 16.1. The lowest BCUT2D eigenvalue weighted by Crippen LogP contribution is -2.46. The molecule has 22 heavy (non-hydrogen) atoms. The van der Waals surface area contributed by atoms with Gasteiger partial charge < -0.3 is 15.1 Å². The average molecular weight is 321 g/mol. The van der Waals surface area contributed by atoms with E-state index in [1.54, 1.807) is 11.9 Å². The van der Waals surface area contributed by atoms with Crippen molar-refractivity contribution in [3.05, 3.63) is 23.8 Å². The van der Waals surface area contributed by atoms with Crippen LogP contribution in [0.2, 0.25) is 0 Å². The highest BCUT2D eigenvalue weighted by atomic mass is 32.1. The van der Waals surface area contributed by atoms with E-state index < -0.39 is 0 Å². The molecule has 120 valence electrons. The van der Waals surface area contributed by atoms with Crippen molar-refractivity contribution in [3.8, 4) is 0 Å². The average Bonchev–Trinajstić information content (AvgIpc) is 2.93. The molecule has 0 radical (unpaired) electrons. The SMILES string of the molecule is CC[C@@H](CN(C)C)NC(=O)N(C)Cc1ccc2nsnc2c1. The van der Waals surface area contributed by atoms with Crippen molar-refractivity contribution < 1.29 is 4.79 Å². The van der Waals surface area contributed by atoms with Gasteiger partial charge >= 0.3 is 6.03 Å². The van der Waals surface area contributed by atoms with E-state index in [0.717, 1.165) is 29.6 Å². The second kappa shape index (κ2) is 7.51. The van der Waals surface area contributed by atoms with Crippen LogP contribution in [0, 0.1) is 0 Å². The molecule has 1 atom stereocenters. The summed E-state index contributed by atoms with van der Waals surface area (Å²) in [7, 11) is 5.83. The number of aromatic nitrogens is 2. The van der Waals surface area contributed by atoms with Gasteiger partial charge in [-0.15, -0.1) is 0 Å².